The third-order valence-electron chi connectivity index (χ3n) is 4.53. The van der Waals surface area contributed by atoms with E-state index in [1.165, 1.54) is 37.8 Å². The van der Waals surface area contributed by atoms with Gasteiger partial charge in [-0.25, -0.2) is 8.42 Å². The third-order valence-corrected chi connectivity index (χ3v) is 6.28. The maximum Gasteiger partial charge on any atom is 0.253 e. The zero-order chi connectivity index (χ0) is 16.2. The summed E-state index contributed by atoms with van der Waals surface area (Å²) in [6, 6.07) is 6.62. The van der Waals surface area contributed by atoms with Crippen LogP contribution in [0.2, 0.25) is 0 Å². The largest absolute Gasteiger partial charge is 0.339 e. The number of carbonyl (C=O) groups excluding carboxylic acids is 1. The number of amides is 1. The summed E-state index contributed by atoms with van der Waals surface area (Å²) in [5.41, 5.74) is 0.557. The molecule has 0 saturated heterocycles. The van der Waals surface area contributed by atoms with E-state index in [0.29, 0.717) is 11.6 Å². The smallest absolute Gasteiger partial charge is 0.253 e. The SMILES string of the molecule is CCS(=O)(=O)c1ccc(C(=O)N(C)C2CCCCCC2)cc1. The van der Waals surface area contributed by atoms with Crippen molar-refractivity contribution in [2.45, 2.75) is 56.4 Å². The molecule has 5 heteroatoms. The van der Waals surface area contributed by atoms with E-state index in [0.717, 1.165) is 12.8 Å². The Kier molecular flexibility index (Phi) is 5.62. The van der Waals surface area contributed by atoms with Gasteiger partial charge < -0.3 is 4.90 Å². The summed E-state index contributed by atoms with van der Waals surface area (Å²) in [5, 5.41) is 0. The molecule has 122 valence electrons. The van der Waals surface area contributed by atoms with Crippen molar-refractivity contribution in [1.82, 2.24) is 4.90 Å². The fraction of sp³-hybridized carbons (Fsp3) is 0.588. The second kappa shape index (κ2) is 7.27. The van der Waals surface area contributed by atoms with Gasteiger partial charge in [-0.3, -0.25) is 4.79 Å². The first kappa shape index (κ1) is 17.0. The Morgan fingerprint density at radius 2 is 1.64 bits per heavy atom. The van der Waals surface area contributed by atoms with Gasteiger partial charge in [0.25, 0.3) is 5.91 Å². The maximum absolute atomic E-state index is 12.6. The molecule has 0 spiro atoms. The zero-order valence-corrected chi connectivity index (χ0v) is 14.2. The van der Waals surface area contributed by atoms with Crippen LogP contribution in [0.3, 0.4) is 0 Å². The molecule has 2 rings (SSSR count). The minimum Gasteiger partial charge on any atom is -0.339 e. The molecule has 1 fully saturated rings. The number of hydrogen-bond donors (Lipinski definition) is 0. The topological polar surface area (TPSA) is 54.5 Å². The lowest BCUT2D eigenvalue weighted by molar-refractivity contribution is 0.0717. The van der Waals surface area contributed by atoms with Crippen LogP contribution >= 0.6 is 0 Å². The predicted molar refractivity (Wildman–Crippen MR) is 87.8 cm³/mol. The average molecular weight is 323 g/mol. The van der Waals surface area contributed by atoms with Crippen LogP contribution in [0.15, 0.2) is 29.2 Å². The number of nitrogens with zero attached hydrogens (tertiary/aromatic N) is 1. The molecule has 0 heterocycles. The normalized spacial score (nSPS) is 17.0. The molecule has 22 heavy (non-hydrogen) atoms. The van der Waals surface area contributed by atoms with Gasteiger partial charge in [-0.05, 0) is 37.1 Å². The fourth-order valence-corrected chi connectivity index (χ4v) is 3.87. The van der Waals surface area contributed by atoms with Crippen molar-refractivity contribution in [3.63, 3.8) is 0 Å². The summed E-state index contributed by atoms with van der Waals surface area (Å²) in [7, 11) is -1.35. The number of hydrogen-bond acceptors (Lipinski definition) is 3. The Morgan fingerprint density at radius 1 is 1.09 bits per heavy atom. The van der Waals surface area contributed by atoms with E-state index in [9.17, 15) is 13.2 Å². The third kappa shape index (κ3) is 3.88. The molecule has 1 amide bonds. The molecule has 0 aromatic heterocycles. The van der Waals surface area contributed by atoms with Gasteiger partial charge in [0, 0.05) is 18.7 Å². The summed E-state index contributed by atoms with van der Waals surface area (Å²) >= 11 is 0. The van der Waals surface area contributed by atoms with Crippen molar-refractivity contribution in [3.8, 4) is 0 Å². The van der Waals surface area contributed by atoms with Gasteiger partial charge in [0.15, 0.2) is 9.84 Å². The van der Waals surface area contributed by atoms with Crippen LogP contribution in [0.1, 0.15) is 55.8 Å². The van der Waals surface area contributed by atoms with Crippen molar-refractivity contribution >= 4 is 15.7 Å². The summed E-state index contributed by atoms with van der Waals surface area (Å²) in [6.45, 7) is 1.62. The van der Waals surface area contributed by atoms with Crippen molar-refractivity contribution in [2.24, 2.45) is 0 Å². The van der Waals surface area contributed by atoms with Crippen LogP contribution in [0.5, 0.6) is 0 Å². The predicted octanol–water partition coefficient (Wildman–Crippen LogP) is 3.28. The van der Waals surface area contributed by atoms with Gasteiger partial charge in [0.05, 0.1) is 10.6 Å². The van der Waals surface area contributed by atoms with E-state index >= 15 is 0 Å². The van der Waals surface area contributed by atoms with Crippen molar-refractivity contribution in [1.29, 1.82) is 0 Å². The number of carbonyl (C=O) groups is 1. The summed E-state index contributed by atoms with van der Waals surface area (Å²) < 4.78 is 23.6. The van der Waals surface area contributed by atoms with Crippen molar-refractivity contribution < 1.29 is 13.2 Å². The molecule has 1 aromatic carbocycles. The number of rotatable bonds is 4. The molecule has 1 aliphatic rings. The van der Waals surface area contributed by atoms with Crippen LogP contribution < -0.4 is 0 Å². The summed E-state index contributed by atoms with van der Waals surface area (Å²) in [6.07, 6.45) is 6.98. The Morgan fingerprint density at radius 3 is 2.14 bits per heavy atom. The van der Waals surface area contributed by atoms with Gasteiger partial charge in [0.2, 0.25) is 0 Å². The lowest BCUT2D eigenvalue weighted by Crippen LogP contribution is -2.36. The minimum absolute atomic E-state index is 0.0210. The Bertz CT molecular complexity index is 599. The highest BCUT2D eigenvalue weighted by Gasteiger charge is 2.22. The molecular formula is C17H25NO3S. The molecule has 0 atom stereocenters. The first-order valence-corrected chi connectivity index (χ1v) is 9.71. The number of benzene rings is 1. The van der Waals surface area contributed by atoms with Crippen molar-refractivity contribution in [2.75, 3.05) is 12.8 Å². The van der Waals surface area contributed by atoms with Crippen LogP contribution in [0.4, 0.5) is 0 Å². The van der Waals surface area contributed by atoms with Gasteiger partial charge in [-0.2, -0.15) is 0 Å². The second-order valence-corrected chi connectivity index (χ2v) is 8.27. The van der Waals surface area contributed by atoms with Crippen LogP contribution in [0, 0.1) is 0 Å². The van der Waals surface area contributed by atoms with Gasteiger partial charge >= 0.3 is 0 Å². The van der Waals surface area contributed by atoms with E-state index in [1.807, 2.05) is 11.9 Å². The van der Waals surface area contributed by atoms with Crippen LogP contribution in [-0.2, 0) is 9.84 Å². The molecule has 0 aliphatic heterocycles. The quantitative estimate of drug-likeness (QED) is 0.799. The molecular weight excluding hydrogens is 298 g/mol. The highest BCUT2D eigenvalue weighted by molar-refractivity contribution is 7.91. The lowest BCUT2D eigenvalue weighted by Gasteiger charge is -2.27. The molecule has 1 aromatic rings. The van der Waals surface area contributed by atoms with Gasteiger partial charge in [0.1, 0.15) is 0 Å². The lowest BCUT2D eigenvalue weighted by atomic mass is 10.1. The number of sulfone groups is 1. The van der Waals surface area contributed by atoms with E-state index < -0.39 is 9.84 Å². The van der Waals surface area contributed by atoms with E-state index in [4.69, 9.17) is 0 Å². The molecule has 0 N–H and O–H groups in total. The van der Waals surface area contributed by atoms with E-state index in [-0.39, 0.29) is 16.6 Å². The van der Waals surface area contributed by atoms with Gasteiger partial charge in [-0.15, -0.1) is 0 Å². The summed E-state index contributed by atoms with van der Waals surface area (Å²) in [5.74, 6) is 0.0507. The molecule has 1 saturated carbocycles. The Hall–Kier alpha value is -1.36. The average Bonchev–Trinajstić information content (AvgIpc) is 2.83. The zero-order valence-electron chi connectivity index (χ0n) is 13.4. The van der Waals surface area contributed by atoms with Crippen LogP contribution in [0.25, 0.3) is 0 Å². The monoisotopic (exact) mass is 323 g/mol. The molecule has 0 bridgehead atoms. The maximum atomic E-state index is 12.6. The highest BCUT2D eigenvalue weighted by atomic mass is 32.2. The standard InChI is InChI=1S/C17H25NO3S/c1-3-22(20,21)16-12-10-14(11-13-16)17(19)18(2)15-8-6-4-5-7-9-15/h10-13,15H,3-9H2,1-2H3. The minimum atomic E-state index is -3.21. The van der Waals surface area contributed by atoms with E-state index in [1.54, 1.807) is 19.1 Å². The molecule has 0 radical (unpaired) electrons. The first-order chi connectivity index (χ1) is 10.5. The first-order valence-electron chi connectivity index (χ1n) is 8.05. The fourth-order valence-electron chi connectivity index (χ4n) is 2.99. The van der Waals surface area contributed by atoms with Crippen molar-refractivity contribution in [3.05, 3.63) is 29.8 Å². The van der Waals surface area contributed by atoms with Gasteiger partial charge in [-0.1, -0.05) is 32.6 Å². The molecule has 0 unspecified atom stereocenters. The summed E-state index contributed by atoms with van der Waals surface area (Å²) in [4.78, 5) is 14.7. The van der Waals surface area contributed by atoms with Crippen LogP contribution in [-0.4, -0.2) is 38.1 Å². The molecule has 1 aliphatic carbocycles. The van der Waals surface area contributed by atoms with E-state index in [2.05, 4.69) is 0 Å². The Balaban J connectivity index is 2.12. The molecule has 4 nitrogen and oxygen atoms in total. The highest BCUT2D eigenvalue weighted by Crippen LogP contribution is 2.22. The Labute approximate surface area is 133 Å². The second-order valence-electron chi connectivity index (χ2n) is 5.99.